The highest BCUT2D eigenvalue weighted by molar-refractivity contribution is 5.46. The third-order valence-corrected chi connectivity index (χ3v) is 5.18. The van der Waals surface area contributed by atoms with Crippen molar-refractivity contribution in [1.82, 2.24) is 19.5 Å². The molecule has 1 aromatic carbocycles. The molecule has 2 aromatic heterocycles. The zero-order chi connectivity index (χ0) is 18.1. The highest BCUT2D eigenvalue weighted by Crippen LogP contribution is 2.24. The van der Waals surface area contributed by atoms with Crippen LogP contribution in [0.15, 0.2) is 36.7 Å². The van der Waals surface area contributed by atoms with E-state index in [4.69, 9.17) is 4.74 Å². The number of anilines is 1. The molecule has 6 heteroatoms. The van der Waals surface area contributed by atoms with E-state index in [0.717, 1.165) is 49.9 Å². The number of rotatable bonds is 4. The van der Waals surface area contributed by atoms with Gasteiger partial charge in [0.2, 0.25) is 0 Å². The van der Waals surface area contributed by atoms with Gasteiger partial charge in [0.1, 0.15) is 11.6 Å². The van der Waals surface area contributed by atoms with E-state index in [2.05, 4.69) is 51.9 Å². The molecule has 4 rings (SSSR count). The van der Waals surface area contributed by atoms with E-state index in [0.29, 0.717) is 0 Å². The summed E-state index contributed by atoms with van der Waals surface area (Å²) in [5.41, 5.74) is 4.76. The van der Waals surface area contributed by atoms with Crippen molar-refractivity contribution < 1.29 is 4.74 Å². The fourth-order valence-electron chi connectivity index (χ4n) is 3.59. The van der Waals surface area contributed by atoms with Crippen LogP contribution in [0.1, 0.15) is 16.7 Å². The van der Waals surface area contributed by atoms with Gasteiger partial charge < -0.3 is 9.64 Å². The summed E-state index contributed by atoms with van der Waals surface area (Å²) in [5.74, 6) is 1.99. The Morgan fingerprint density at radius 3 is 2.62 bits per heavy atom. The molecule has 0 atom stereocenters. The molecule has 1 saturated heterocycles. The van der Waals surface area contributed by atoms with Gasteiger partial charge in [0.25, 0.3) is 0 Å². The van der Waals surface area contributed by atoms with Crippen molar-refractivity contribution in [3.05, 3.63) is 53.3 Å². The molecule has 0 N–H and O–H groups in total. The molecule has 26 heavy (non-hydrogen) atoms. The Kier molecular flexibility index (Phi) is 4.51. The van der Waals surface area contributed by atoms with Crippen molar-refractivity contribution in [2.24, 2.45) is 0 Å². The van der Waals surface area contributed by atoms with E-state index < -0.39 is 0 Å². The van der Waals surface area contributed by atoms with Crippen molar-refractivity contribution >= 4 is 11.5 Å². The number of hydrogen-bond acceptors (Lipinski definition) is 5. The number of imidazole rings is 1. The van der Waals surface area contributed by atoms with Crippen LogP contribution in [0.25, 0.3) is 5.65 Å². The number of hydrogen-bond donors (Lipinski definition) is 0. The predicted molar refractivity (Wildman–Crippen MR) is 103 cm³/mol. The quantitative estimate of drug-likeness (QED) is 0.723. The molecule has 3 heterocycles. The molecule has 0 amide bonds. The fourth-order valence-corrected chi connectivity index (χ4v) is 3.59. The van der Waals surface area contributed by atoms with Crippen LogP contribution in [0.5, 0.6) is 5.75 Å². The molecule has 3 aromatic rings. The van der Waals surface area contributed by atoms with Crippen molar-refractivity contribution in [3.63, 3.8) is 0 Å². The van der Waals surface area contributed by atoms with Gasteiger partial charge in [0, 0.05) is 45.1 Å². The fraction of sp³-hybridized carbons (Fsp3) is 0.400. The maximum atomic E-state index is 5.42. The van der Waals surface area contributed by atoms with Gasteiger partial charge >= 0.3 is 0 Å². The highest BCUT2D eigenvalue weighted by atomic mass is 16.5. The maximum Gasteiger partial charge on any atom is 0.153 e. The van der Waals surface area contributed by atoms with Gasteiger partial charge in [-0.25, -0.2) is 9.50 Å². The van der Waals surface area contributed by atoms with Crippen LogP contribution in [0.4, 0.5) is 5.82 Å². The topological polar surface area (TPSA) is 45.9 Å². The van der Waals surface area contributed by atoms with Gasteiger partial charge in [-0.15, -0.1) is 5.10 Å². The lowest BCUT2D eigenvalue weighted by molar-refractivity contribution is 0.248. The summed E-state index contributed by atoms with van der Waals surface area (Å²) in [6.07, 6.45) is 3.67. The lowest BCUT2D eigenvalue weighted by atomic mass is 10.0. The second kappa shape index (κ2) is 6.96. The predicted octanol–water partition coefficient (Wildman–Crippen LogP) is 2.68. The van der Waals surface area contributed by atoms with Gasteiger partial charge in [0.05, 0.1) is 7.11 Å². The number of ether oxygens (including phenoxy) is 1. The Morgan fingerprint density at radius 1 is 1.04 bits per heavy atom. The molecular formula is C20H25N5O. The standard InChI is InChI=1S/C20H25N5O/c1-15-13-18(26-3)16(2)12-17(15)14-23-8-10-24(11-9-23)20-5-4-19-21-6-7-25(19)22-20/h4-7,12-13H,8-11,14H2,1-3H3. The van der Waals surface area contributed by atoms with Gasteiger partial charge in [-0.1, -0.05) is 6.07 Å². The summed E-state index contributed by atoms with van der Waals surface area (Å²) in [5, 5.41) is 4.66. The molecular weight excluding hydrogens is 326 g/mol. The minimum Gasteiger partial charge on any atom is -0.496 e. The van der Waals surface area contributed by atoms with E-state index in [1.807, 2.05) is 16.8 Å². The molecule has 0 saturated carbocycles. The lowest BCUT2D eigenvalue weighted by Crippen LogP contribution is -2.46. The first-order chi connectivity index (χ1) is 12.6. The lowest BCUT2D eigenvalue weighted by Gasteiger charge is -2.35. The van der Waals surface area contributed by atoms with Crippen LogP contribution < -0.4 is 9.64 Å². The van der Waals surface area contributed by atoms with Crippen molar-refractivity contribution in [2.75, 3.05) is 38.2 Å². The molecule has 6 nitrogen and oxygen atoms in total. The van der Waals surface area contributed by atoms with Gasteiger partial charge in [-0.05, 0) is 48.7 Å². The third kappa shape index (κ3) is 3.24. The Labute approximate surface area is 154 Å². The Hall–Kier alpha value is -2.60. The van der Waals surface area contributed by atoms with Crippen molar-refractivity contribution in [2.45, 2.75) is 20.4 Å². The van der Waals surface area contributed by atoms with Crippen LogP contribution in [0, 0.1) is 13.8 Å². The summed E-state index contributed by atoms with van der Waals surface area (Å²) in [7, 11) is 1.73. The number of methoxy groups -OCH3 is 1. The molecule has 136 valence electrons. The molecule has 0 spiro atoms. The van der Waals surface area contributed by atoms with E-state index in [-0.39, 0.29) is 0 Å². The largest absolute Gasteiger partial charge is 0.496 e. The van der Waals surface area contributed by atoms with E-state index in [9.17, 15) is 0 Å². The zero-order valence-corrected chi connectivity index (χ0v) is 15.6. The molecule has 0 unspecified atom stereocenters. The zero-order valence-electron chi connectivity index (χ0n) is 15.6. The minimum absolute atomic E-state index is 0.887. The van der Waals surface area contributed by atoms with E-state index in [1.54, 1.807) is 13.3 Å². The number of aryl methyl sites for hydroxylation is 2. The summed E-state index contributed by atoms with van der Waals surface area (Å²) in [4.78, 5) is 9.12. The molecule has 0 aliphatic carbocycles. The summed E-state index contributed by atoms with van der Waals surface area (Å²) < 4.78 is 7.26. The van der Waals surface area contributed by atoms with Crippen LogP contribution in [-0.4, -0.2) is 52.8 Å². The molecule has 0 bridgehead atoms. The Balaban J connectivity index is 1.41. The SMILES string of the molecule is COc1cc(C)c(CN2CCN(c3ccc4nccn4n3)CC2)cc1C. The second-order valence-electron chi connectivity index (χ2n) is 6.93. The normalized spacial score (nSPS) is 15.6. The average molecular weight is 351 g/mol. The third-order valence-electron chi connectivity index (χ3n) is 5.18. The number of nitrogens with zero attached hydrogens (tertiary/aromatic N) is 5. The first-order valence-electron chi connectivity index (χ1n) is 9.06. The van der Waals surface area contributed by atoms with Gasteiger partial charge in [-0.2, -0.15) is 0 Å². The Morgan fingerprint density at radius 2 is 1.85 bits per heavy atom. The first-order valence-corrected chi connectivity index (χ1v) is 9.06. The van der Waals surface area contributed by atoms with Crippen LogP contribution in [0.2, 0.25) is 0 Å². The number of aromatic nitrogens is 3. The van der Waals surface area contributed by atoms with E-state index in [1.165, 1.54) is 16.7 Å². The smallest absolute Gasteiger partial charge is 0.153 e. The second-order valence-corrected chi connectivity index (χ2v) is 6.93. The number of fused-ring (bicyclic) bond motifs is 1. The van der Waals surface area contributed by atoms with Gasteiger partial charge in [0.15, 0.2) is 5.65 Å². The first kappa shape index (κ1) is 16.8. The monoisotopic (exact) mass is 351 g/mol. The van der Waals surface area contributed by atoms with Crippen molar-refractivity contribution in [3.8, 4) is 5.75 Å². The molecule has 1 fully saturated rings. The van der Waals surface area contributed by atoms with Crippen LogP contribution >= 0.6 is 0 Å². The van der Waals surface area contributed by atoms with Crippen LogP contribution in [0.3, 0.4) is 0 Å². The summed E-state index contributed by atoms with van der Waals surface area (Å²) >= 11 is 0. The summed E-state index contributed by atoms with van der Waals surface area (Å²) in [6, 6.07) is 8.49. The maximum absolute atomic E-state index is 5.42. The molecule has 1 aliphatic heterocycles. The molecule has 0 radical (unpaired) electrons. The summed E-state index contributed by atoms with van der Waals surface area (Å²) in [6.45, 7) is 9.30. The highest BCUT2D eigenvalue weighted by Gasteiger charge is 2.19. The average Bonchev–Trinajstić information content (AvgIpc) is 3.13. The number of piperazine rings is 1. The van der Waals surface area contributed by atoms with Gasteiger partial charge in [-0.3, -0.25) is 4.90 Å². The van der Waals surface area contributed by atoms with Crippen molar-refractivity contribution in [1.29, 1.82) is 0 Å². The number of benzene rings is 1. The Bertz CT molecular complexity index is 912. The minimum atomic E-state index is 0.887. The molecule has 1 aliphatic rings. The van der Waals surface area contributed by atoms with Crippen LogP contribution in [-0.2, 0) is 6.54 Å². The van der Waals surface area contributed by atoms with E-state index >= 15 is 0 Å².